The van der Waals surface area contributed by atoms with Crippen LogP contribution in [0.3, 0.4) is 0 Å². The van der Waals surface area contributed by atoms with Crippen LogP contribution in [-0.4, -0.2) is 25.7 Å². The largest absolute Gasteiger partial charge is 0.299 e. The average Bonchev–Trinajstić information content (AvgIpc) is 2.74. The van der Waals surface area contributed by atoms with E-state index in [0.29, 0.717) is 18.8 Å². The predicted molar refractivity (Wildman–Crippen MR) is 58.3 cm³/mol. The maximum Gasteiger partial charge on any atom is 0.151 e. The topological polar surface area (TPSA) is 51.2 Å². The molecule has 1 heterocycles. The predicted octanol–water partition coefficient (Wildman–Crippen LogP) is 1.57. The van der Waals surface area contributed by atoms with Crippen LogP contribution in [0.15, 0.2) is 0 Å². The monoisotopic (exact) mass is 230 g/mol. The Balaban J connectivity index is 1.86. The molecule has 0 aromatic heterocycles. The van der Waals surface area contributed by atoms with Crippen molar-refractivity contribution in [2.45, 2.75) is 38.5 Å². The average molecular weight is 230 g/mol. The molecule has 1 aliphatic carbocycles. The molecule has 0 bridgehead atoms. The van der Waals surface area contributed by atoms with Crippen molar-refractivity contribution in [3.63, 3.8) is 0 Å². The van der Waals surface area contributed by atoms with Gasteiger partial charge in [0, 0.05) is 12.3 Å². The zero-order chi connectivity index (χ0) is 10.9. The Labute approximate surface area is 91.2 Å². The molecule has 0 N–H and O–H groups in total. The van der Waals surface area contributed by atoms with Crippen LogP contribution in [0.5, 0.6) is 0 Å². The normalized spacial score (nSPS) is 30.8. The minimum atomic E-state index is -2.89. The van der Waals surface area contributed by atoms with Crippen LogP contribution in [0, 0.1) is 11.8 Å². The molecule has 1 atom stereocenters. The Morgan fingerprint density at radius 3 is 2.33 bits per heavy atom. The molecule has 15 heavy (non-hydrogen) atoms. The first-order chi connectivity index (χ1) is 7.07. The van der Waals surface area contributed by atoms with E-state index in [0.717, 1.165) is 12.8 Å². The molecule has 0 amide bonds. The van der Waals surface area contributed by atoms with Gasteiger partial charge in [0.2, 0.25) is 0 Å². The zero-order valence-electron chi connectivity index (χ0n) is 8.94. The second kappa shape index (κ2) is 4.24. The highest BCUT2D eigenvalue weighted by Gasteiger charge is 2.33. The summed E-state index contributed by atoms with van der Waals surface area (Å²) >= 11 is 0. The molecule has 1 aliphatic heterocycles. The third-order valence-corrected chi connectivity index (χ3v) is 5.42. The van der Waals surface area contributed by atoms with E-state index in [1.165, 1.54) is 12.8 Å². The lowest BCUT2D eigenvalue weighted by molar-refractivity contribution is -0.123. The van der Waals surface area contributed by atoms with Crippen molar-refractivity contribution in [1.82, 2.24) is 0 Å². The van der Waals surface area contributed by atoms with E-state index in [1.54, 1.807) is 0 Å². The van der Waals surface area contributed by atoms with Crippen LogP contribution in [0.1, 0.15) is 38.5 Å². The van der Waals surface area contributed by atoms with Crippen molar-refractivity contribution in [3.05, 3.63) is 0 Å². The van der Waals surface area contributed by atoms with Crippen LogP contribution >= 0.6 is 0 Å². The van der Waals surface area contributed by atoms with Crippen molar-refractivity contribution in [1.29, 1.82) is 0 Å². The third kappa shape index (κ3) is 2.80. The zero-order valence-corrected chi connectivity index (χ0v) is 9.76. The summed E-state index contributed by atoms with van der Waals surface area (Å²) in [5.74, 6) is 0.881. The summed E-state index contributed by atoms with van der Waals surface area (Å²) in [6.45, 7) is 0. The minimum Gasteiger partial charge on any atom is -0.299 e. The highest BCUT2D eigenvalue weighted by Crippen LogP contribution is 2.30. The summed E-state index contributed by atoms with van der Waals surface area (Å²) in [6.07, 6.45) is 5.98. The smallest absolute Gasteiger partial charge is 0.151 e. The second-order valence-electron chi connectivity index (χ2n) is 4.92. The first kappa shape index (κ1) is 11.1. The SMILES string of the molecule is O=C(CC1CCCC1)C1CCS(=O)(=O)C1. The van der Waals surface area contributed by atoms with Gasteiger partial charge in [-0.05, 0) is 12.3 Å². The summed E-state index contributed by atoms with van der Waals surface area (Å²) in [4.78, 5) is 11.8. The van der Waals surface area contributed by atoms with Gasteiger partial charge in [0.1, 0.15) is 5.78 Å². The summed E-state index contributed by atoms with van der Waals surface area (Å²) in [5.41, 5.74) is 0. The first-order valence-corrected chi connectivity index (χ1v) is 7.62. The Hall–Kier alpha value is -0.380. The number of carbonyl (C=O) groups is 1. The van der Waals surface area contributed by atoms with Crippen molar-refractivity contribution in [2.75, 3.05) is 11.5 Å². The number of sulfone groups is 1. The Kier molecular flexibility index (Phi) is 3.14. The second-order valence-corrected chi connectivity index (χ2v) is 7.15. The lowest BCUT2D eigenvalue weighted by Gasteiger charge is -2.11. The van der Waals surface area contributed by atoms with Crippen molar-refractivity contribution in [2.24, 2.45) is 11.8 Å². The minimum absolute atomic E-state index is 0.110. The molecule has 0 aromatic rings. The highest BCUT2D eigenvalue weighted by molar-refractivity contribution is 7.91. The lowest BCUT2D eigenvalue weighted by Crippen LogP contribution is -2.18. The fourth-order valence-electron chi connectivity index (χ4n) is 2.71. The van der Waals surface area contributed by atoms with Gasteiger partial charge in [-0.15, -0.1) is 0 Å². The summed E-state index contributed by atoms with van der Waals surface area (Å²) in [6, 6.07) is 0. The van der Waals surface area contributed by atoms with E-state index in [-0.39, 0.29) is 23.2 Å². The molecular formula is C11H18O3S. The molecule has 4 heteroatoms. The lowest BCUT2D eigenvalue weighted by atomic mass is 9.93. The van der Waals surface area contributed by atoms with Crippen molar-refractivity contribution < 1.29 is 13.2 Å². The molecule has 0 radical (unpaired) electrons. The van der Waals surface area contributed by atoms with Crippen LogP contribution in [0.25, 0.3) is 0 Å². The number of hydrogen-bond acceptors (Lipinski definition) is 3. The van der Waals surface area contributed by atoms with Gasteiger partial charge in [-0.25, -0.2) is 8.42 Å². The van der Waals surface area contributed by atoms with E-state index >= 15 is 0 Å². The third-order valence-electron chi connectivity index (χ3n) is 3.65. The maximum atomic E-state index is 11.8. The molecule has 0 aromatic carbocycles. The molecule has 2 fully saturated rings. The fourth-order valence-corrected chi connectivity index (χ4v) is 4.49. The number of hydrogen-bond donors (Lipinski definition) is 0. The Morgan fingerprint density at radius 2 is 1.80 bits per heavy atom. The summed E-state index contributed by atoms with van der Waals surface area (Å²) in [5, 5.41) is 0. The molecule has 2 rings (SSSR count). The van der Waals surface area contributed by atoms with E-state index in [4.69, 9.17) is 0 Å². The Morgan fingerprint density at radius 1 is 1.13 bits per heavy atom. The molecule has 0 spiro atoms. The van der Waals surface area contributed by atoms with Gasteiger partial charge in [-0.3, -0.25) is 4.79 Å². The maximum absolute atomic E-state index is 11.8. The molecule has 86 valence electrons. The number of Topliss-reactive ketones (excluding diaryl/α,β-unsaturated/α-hetero) is 1. The number of carbonyl (C=O) groups excluding carboxylic acids is 1. The van der Waals surface area contributed by atoms with Crippen LogP contribution in [0.2, 0.25) is 0 Å². The summed E-state index contributed by atoms with van der Waals surface area (Å²) in [7, 11) is -2.89. The molecule has 3 nitrogen and oxygen atoms in total. The molecule has 1 saturated heterocycles. The molecule has 1 saturated carbocycles. The molecular weight excluding hydrogens is 212 g/mol. The van der Waals surface area contributed by atoms with Gasteiger partial charge in [0.05, 0.1) is 11.5 Å². The van der Waals surface area contributed by atoms with Crippen LogP contribution < -0.4 is 0 Å². The summed E-state index contributed by atoms with van der Waals surface area (Å²) < 4.78 is 22.5. The van der Waals surface area contributed by atoms with Crippen LogP contribution in [-0.2, 0) is 14.6 Å². The van der Waals surface area contributed by atoms with Crippen molar-refractivity contribution >= 4 is 15.6 Å². The van der Waals surface area contributed by atoms with Gasteiger partial charge < -0.3 is 0 Å². The van der Waals surface area contributed by atoms with Gasteiger partial charge in [-0.2, -0.15) is 0 Å². The van der Waals surface area contributed by atoms with E-state index < -0.39 is 9.84 Å². The van der Waals surface area contributed by atoms with Crippen molar-refractivity contribution in [3.8, 4) is 0 Å². The molecule has 1 unspecified atom stereocenters. The van der Waals surface area contributed by atoms with Gasteiger partial charge in [0.25, 0.3) is 0 Å². The Bertz CT molecular complexity index is 339. The van der Waals surface area contributed by atoms with Gasteiger partial charge in [0.15, 0.2) is 9.84 Å². The van der Waals surface area contributed by atoms with Crippen LogP contribution in [0.4, 0.5) is 0 Å². The first-order valence-electron chi connectivity index (χ1n) is 5.80. The highest BCUT2D eigenvalue weighted by atomic mass is 32.2. The quantitative estimate of drug-likeness (QED) is 0.739. The molecule has 2 aliphatic rings. The standard InChI is InChI=1S/C11H18O3S/c12-11(7-9-3-1-2-4-9)10-5-6-15(13,14)8-10/h9-10H,1-8H2. The van der Waals surface area contributed by atoms with E-state index in [1.807, 2.05) is 0 Å². The van der Waals surface area contributed by atoms with Gasteiger partial charge in [-0.1, -0.05) is 25.7 Å². The van der Waals surface area contributed by atoms with E-state index in [9.17, 15) is 13.2 Å². The number of ketones is 1. The number of rotatable bonds is 3. The van der Waals surface area contributed by atoms with E-state index in [2.05, 4.69) is 0 Å². The fraction of sp³-hybridized carbons (Fsp3) is 0.909. The van der Waals surface area contributed by atoms with Gasteiger partial charge >= 0.3 is 0 Å².